The molecular weight excluding hydrogens is 244 g/mol. The van der Waals surface area contributed by atoms with Crippen molar-refractivity contribution >= 4 is 11.8 Å². The van der Waals surface area contributed by atoms with Crippen LogP contribution in [0.15, 0.2) is 11.5 Å². The minimum absolute atomic E-state index is 0.283. The van der Waals surface area contributed by atoms with Crippen LogP contribution in [0, 0.1) is 11.3 Å². The molecule has 1 aromatic heterocycles. The molecule has 0 spiro atoms. The van der Waals surface area contributed by atoms with Crippen LogP contribution in [0.1, 0.15) is 40.0 Å². The van der Waals surface area contributed by atoms with E-state index in [0.717, 1.165) is 17.5 Å². The zero-order valence-electron chi connectivity index (χ0n) is 11.8. The Labute approximate surface area is 114 Å². The summed E-state index contributed by atoms with van der Waals surface area (Å²) in [5, 5.41) is 9.52. The Morgan fingerprint density at radius 1 is 1.39 bits per heavy atom. The molecular formula is C13H24N4S. The zero-order chi connectivity index (χ0) is 13.3. The molecule has 0 radical (unpaired) electrons. The van der Waals surface area contributed by atoms with Gasteiger partial charge in [0, 0.05) is 18.3 Å². The summed E-state index contributed by atoms with van der Waals surface area (Å²) in [5.41, 5.74) is 6.65. The van der Waals surface area contributed by atoms with E-state index in [9.17, 15) is 0 Å². The van der Waals surface area contributed by atoms with Gasteiger partial charge in [-0.1, -0.05) is 32.5 Å². The zero-order valence-corrected chi connectivity index (χ0v) is 12.6. The van der Waals surface area contributed by atoms with Gasteiger partial charge < -0.3 is 10.3 Å². The molecule has 0 amide bonds. The summed E-state index contributed by atoms with van der Waals surface area (Å²) < 4.78 is 1.97. The largest absolute Gasteiger partial charge is 0.327 e. The van der Waals surface area contributed by atoms with Gasteiger partial charge in [0.05, 0.1) is 0 Å². The molecule has 1 aliphatic rings. The predicted octanol–water partition coefficient (Wildman–Crippen LogP) is 2.45. The van der Waals surface area contributed by atoms with Crippen molar-refractivity contribution in [1.29, 1.82) is 0 Å². The molecule has 1 heterocycles. The molecule has 18 heavy (non-hydrogen) atoms. The summed E-state index contributed by atoms with van der Waals surface area (Å²) in [4.78, 5) is 0. The average Bonchev–Trinajstić information content (AvgIpc) is 2.66. The number of nitrogens with zero attached hydrogens (tertiary/aromatic N) is 3. The third kappa shape index (κ3) is 3.06. The highest BCUT2D eigenvalue weighted by molar-refractivity contribution is 7.99. The summed E-state index contributed by atoms with van der Waals surface area (Å²) in [6, 6.07) is 0.283. The van der Waals surface area contributed by atoms with E-state index < -0.39 is 0 Å². The van der Waals surface area contributed by atoms with E-state index in [-0.39, 0.29) is 6.04 Å². The molecule has 1 aliphatic carbocycles. The van der Waals surface area contributed by atoms with Crippen LogP contribution in [0.4, 0.5) is 0 Å². The van der Waals surface area contributed by atoms with Crippen LogP contribution in [-0.2, 0) is 7.05 Å². The maximum atomic E-state index is 6.27. The number of hydrogen-bond donors (Lipinski definition) is 1. The second-order valence-corrected chi connectivity index (χ2v) is 7.63. The fourth-order valence-corrected chi connectivity index (χ4v) is 3.81. The van der Waals surface area contributed by atoms with Gasteiger partial charge in [0.2, 0.25) is 0 Å². The summed E-state index contributed by atoms with van der Waals surface area (Å²) in [6.45, 7) is 7.00. The van der Waals surface area contributed by atoms with E-state index in [2.05, 4.69) is 31.0 Å². The van der Waals surface area contributed by atoms with E-state index in [1.54, 1.807) is 18.1 Å². The molecule has 0 bridgehead atoms. The maximum Gasteiger partial charge on any atom is 0.191 e. The van der Waals surface area contributed by atoms with Crippen LogP contribution in [0.3, 0.4) is 0 Å². The summed E-state index contributed by atoms with van der Waals surface area (Å²) in [6.07, 6.45) is 5.30. The standard InChI is InChI=1S/C13H24N4S/c1-13(2,3)9-5-6-10(14)11(7-9)18-12-16-15-8-17(12)4/h8-11H,5-7,14H2,1-4H3. The second kappa shape index (κ2) is 5.21. The van der Waals surface area contributed by atoms with Gasteiger partial charge in [-0.3, -0.25) is 0 Å². The molecule has 1 fully saturated rings. The van der Waals surface area contributed by atoms with E-state index in [4.69, 9.17) is 5.73 Å². The minimum Gasteiger partial charge on any atom is -0.327 e. The highest BCUT2D eigenvalue weighted by Gasteiger charge is 2.35. The smallest absolute Gasteiger partial charge is 0.191 e. The molecule has 0 saturated heterocycles. The molecule has 0 aliphatic heterocycles. The van der Waals surface area contributed by atoms with Gasteiger partial charge in [-0.05, 0) is 30.6 Å². The van der Waals surface area contributed by atoms with Gasteiger partial charge in [0.15, 0.2) is 5.16 Å². The van der Waals surface area contributed by atoms with E-state index >= 15 is 0 Å². The van der Waals surface area contributed by atoms with Gasteiger partial charge >= 0.3 is 0 Å². The maximum absolute atomic E-state index is 6.27. The molecule has 1 aromatic rings. The third-order valence-corrected chi connectivity index (χ3v) is 5.42. The number of nitrogens with two attached hydrogens (primary N) is 1. The fourth-order valence-electron chi connectivity index (χ4n) is 2.59. The number of aryl methyl sites for hydroxylation is 1. The van der Waals surface area contributed by atoms with Gasteiger partial charge in [-0.2, -0.15) is 0 Å². The summed E-state index contributed by atoms with van der Waals surface area (Å²) >= 11 is 1.79. The van der Waals surface area contributed by atoms with Crippen molar-refractivity contribution < 1.29 is 0 Å². The Kier molecular flexibility index (Phi) is 4.02. The molecule has 2 N–H and O–H groups in total. The predicted molar refractivity (Wildman–Crippen MR) is 75.4 cm³/mol. The molecule has 102 valence electrons. The Morgan fingerprint density at radius 2 is 2.11 bits per heavy atom. The fraction of sp³-hybridized carbons (Fsp3) is 0.846. The molecule has 4 nitrogen and oxygen atoms in total. The SMILES string of the molecule is Cn1cnnc1SC1CC(C(C)(C)C)CCC1N. The van der Waals surface area contributed by atoms with Crippen molar-refractivity contribution in [2.75, 3.05) is 0 Å². The first-order chi connectivity index (χ1) is 8.38. The first-order valence-corrected chi connectivity index (χ1v) is 7.52. The summed E-state index contributed by atoms with van der Waals surface area (Å²) in [7, 11) is 1.98. The molecule has 0 aromatic carbocycles. The van der Waals surface area contributed by atoms with Crippen molar-refractivity contribution in [2.24, 2.45) is 24.1 Å². The number of thioether (sulfide) groups is 1. The quantitative estimate of drug-likeness (QED) is 0.895. The van der Waals surface area contributed by atoms with Crippen molar-refractivity contribution in [3.8, 4) is 0 Å². The lowest BCUT2D eigenvalue weighted by Crippen LogP contribution is -2.41. The average molecular weight is 268 g/mol. The van der Waals surface area contributed by atoms with Gasteiger partial charge in [-0.15, -0.1) is 10.2 Å². The van der Waals surface area contributed by atoms with Gasteiger partial charge in [0.1, 0.15) is 6.33 Å². The Balaban J connectivity index is 2.04. The lowest BCUT2D eigenvalue weighted by molar-refractivity contribution is 0.174. The van der Waals surface area contributed by atoms with Crippen LogP contribution in [0.5, 0.6) is 0 Å². The third-order valence-electron chi connectivity index (χ3n) is 3.99. The van der Waals surface area contributed by atoms with Crippen molar-refractivity contribution in [3.05, 3.63) is 6.33 Å². The Bertz CT molecular complexity index is 396. The van der Waals surface area contributed by atoms with E-state index in [1.165, 1.54) is 12.8 Å². The first-order valence-electron chi connectivity index (χ1n) is 6.64. The van der Waals surface area contributed by atoms with Crippen LogP contribution >= 0.6 is 11.8 Å². The Morgan fingerprint density at radius 3 is 2.67 bits per heavy atom. The molecule has 5 heteroatoms. The van der Waals surface area contributed by atoms with E-state index in [1.807, 2.05) is 11.6 Å². The molecule has 3 unspecified atom stereocenters. The van der Waals surface area contributed by atoms with Gasteiger partial charge in [-0.25, -0.2) is 0 Å². The number of rotatable bonds is 2. The van der Waals surface area contributed by atoms with E-state index in [0.29, 0.717) is 10.7 Å². The molecule has 3 atom stereocenters. The van der Waals surface area contributed by atoms with Gasteiger partial charge in [0.25, 0.3) is 0 Å². The normalized spacial score (nSPS) is 29.5. The topological polar surface area (TPSA) is 56.7 Å². The van der Waals surface area contributed by atoms with Crippen molar-refractivity contribution in [1.82, 2.24) is 14.8 Å². The van der Waals surface area contributed by atoms with Crippen LogP contribution in [0.2, 0.25) is 0 Å². The lowest BCUT2D eigenvalue weighted by Gasteiger charge is -2.40. The van der Waals surface area contributed by atoms with Crippen molar-refractivity contribution in [3.63, 3.8) is 0 Å². The monoisotopic (exact) mass is 268 g/mol. The molecule has 2 rings (SSSR count). The highest BCUT2D eigenvalue weighted by Crippen LogP contribution is 2.42. The highest BCUT2D eigenvalue weighted by atomic mass is 32.2. The van der Waals surface area contributed by atoms with Crippen LogP contribution in [0.25, 0.3) is 0 Å². The number of aromatic nitrogens is 3. The first kappa shape index (κ1) is 13.9. The number of hydrogen-bond acceptors (Lipinski definition) is 4. The second-order valence-electron chi connectivity index (χ2n) is 6.42. The van der Waals surface area contributed by atoms with Crippen LogP contribution < -0.4 is 5.73 Å². The summed E-state index contributed by atoms with van der Waals surface area (Å²) in [5.74, 6) is 0.753. The minimum atomic E-state index is 0.283. The lowest BCUT2D eigenvalue weighted by atomic mass is 9.71. The Hall–Kier alpha value is -0.550. The van der Waals surface area contributed by atoms with Crippen LogP contribution in [-0.4, -0.2) is 26.1 Å². The van der Waals surface area contributed by atoms with Crippen molar-refractivity contribution in [2.45, 2.75) is 56.5 Å². The molecule has 1 saturated carbocycles.